The lowest BCUT2D eigenvalue weighted by molar-refractivity contribution is -0.137. The van der Waals surface area contributed by atoms with E-state index in [1.54, 1.807) is 19.1 Å². The summed E-state index contributed by atoms with van der Waals surface area (Å²) in [5.74, 6) is -0.438. The van der Waals surface area contributed by atoms with Gasteiger partial charge < -0.3 is 9.47 Å². The summed E-state index contributed by atoms with van der Waals surface area (Å²) in [6.45, 7) is 2.30. The molecule has 0 radical (unpaired) electrons. The second-order valence-electron chi connectivity index (χ2n) is 3.46. The molecule has 0 saturated heterocycles. The Balaban J connectivity index is 2.22. The predicted octanol–water partition coefficient (Wildman–Crippen LogP) is 2.35. The highest BCUT2D eigenvalue weighted by atomic mass is 16.5. The third kappa shape index (κ3) is 5.30. The number of rotatable bonds is 7. The molecule has 18 heavy (non-hydrogen) atoms. The average molecular weight is 248 g/mol. The van der Waals surface area contributed by atoms with Crippen LogP contribution in [0.25, 0.3) is 0 Å². The van der Waals surface area contributed by atoms with E-state index < -0.39 is 5.97 Å². The van der Waals surface area contributed by atoms with Gasteiger partial charge in [0.1, 0.15) is 0 Å². The van der Waals surface area contributed by atoms with Gasteiger partial charge in [-0.3, -0.25) is 4.79 Å². The molecule has 0 atom stereocenters. The summed E-state index contributed by atoms with van der Waals surface area (Å²) >= 11 is 0. The van der Waals surface area contributed by atoms with Gasteiger partial charge >= 0.3 is 5.97 Å². The topological polar surface area (TPSA) is 52.6 Å². The summed E-state index contributed by atoms with van der Waals surface area (Å²) in [4.78, 5) is 22.6. The predicted molar refractivity (Wildman–Crippen MR) is 67.1 cm³/mol. The summed E-state index contributed by atoms with van der Waals surface area (Å²) in [5.41, 5.74) is 0.662. The van der Waals surface area contributed by atoms with Gasteiger partial charge in [-0.15, -0.1) is 0 Å². The maximum absolute atomic E-state index is 11.6. The number of ketones is 1. The molecule has 0 spiro atoms. The van der Waals surface area contributed by atoms with Gasteiger partial charge in [0.05, 0.1) is 25.6 Å². The molecule has 0 bridgehead atoms. The lowest BCUT2D eigenvalue weighted by Crippen LogP contribution is -2.03. The number of carbonyl (C=O) groups excluding carboxylic acids is 2. The maximum atomic E-state index is 11.6. The van der Waals surface area contributed by atoms with E-state index >= 15 is 0 Å². The fourth-order valence-corrected chi connectivity index (χ4v) is 1.28. The molecule has 1 aromatic rings. The molecule has 4 nitrogen and oxygen atoms in total. The van der Waals surface area contributed by atoms with Gasteiger partial charge in [-0.2, -0.15) is 0 Å². The summed E-state index contributed by atoms with van der Waals surface area (Å²) in [6, 6.07) is 9.01. The van der Waals surface area contributed by atoms with Crippen molar-refractivity contribution in [1.29, 1.82) is 0 Å². The van der Waals surface area contributed by atoms with Crippen molar-refractivity contribution in [3.63, 3.8) is 0 Å². The van der Waals surface area contributed by atoms with Crippen molar-refractivity contribution in [1.82, 2.24) is 0 Å². The van der Waals surface area contributed by atoms with Crippen LogP contribution in [0.4, 0.5) is 0 Å². The summed E-state index contributed by atoms with van der Waals surface area (Å²) in [5, 5.41) is 0. The van der Waals surface area contributed by atoms with Crippen molar-refractivity contribution in [2.45, 2.75) is 13.3 Å². The Morgan fingerprint density at radius 1 is 1.22 bits per heavy atom. The standard InChI is InChI=1S/C14H16O4/c1-2-18-14(16)9-11-17-10-8-13(15)12-6-4-3-5-7-12/h3-7,9,11H,2,8,10H2,1H3. The van der Waals surface area contributed by atoms with Gasteiger partial charge in [-0.25, -0.2) is 4.79 Å². The van der Waals surface area contributed by atoms with E-state index in [4.69, 9.17) is 4.74 Å². The number of ether oxygens (including phenoxy) is 2. The van der Waals surface area contributed by atoms with E-state index in [0.29, 0.717) is 12.2 Å². The van der Waals surface area contributed by atoms with E-state index in [-0.39, 0.29) is 18.8 Å². The minimum atomic E-state index is -0.452. The van der Waals surface area contributed by atoms with Crippen molar-refractivity contribution in [2.24, 2.45) is 0 Å². The summed E-state index contributed by atoms with van der Waals surface area (Å²) in [7, 11) is 0. The Kier molecular flexibility index (Phi) is 6.25. The average Bonchev–Trinajstić information content (AvgIpc) is 2.39. The second kappa shape index (κ2) is 8.06. The molecule has 0 aliphatic carbocycles. The molecule has 4 heteroatoms. The lowest BCUT2D eigenvalue weighted by atomic mass is 10.1. The summed E-state index contributed by atoms with van der Waals surface area (Å²) < 4.78 is 9.71. The molecule has 1 rings (SSSR count). The van der Waals surface area contributed by atoms with Crippen LogP contribution in [0.15, 0.2) is 42.7 Å². The zero-order valence-corrected chi connectivity index (χ0v) is 10.3. The second-order valence-corrected chi connectivity index (χ2v) is 3.46. The monoisotopic (exact) mass is 248 g/mol. The molecule has 0 unspecified atom stereocenters. The first-order valence-corrected chi connectivity index (χ1v) is 5.77. The number of esters is 1. The van der Waals surface area contributed by atoms with Gasteiger partial charge in [0, 0.05) is 12.0 Å². The Hall–Kier alpha value is -2.10. The highest BCUT2D eigenvalue weighted by Crippen LogP contribution is 2.02. The van der Waals surface area contributed by atoms with E-state index in [9.17, 15) is 9.59 Å². The normalized spacial score (nSPS) is 10.3. The van der Waals surface area contributed by atoms with Crippen LogP contribution in [-0.2, 0) is 14.3 Å². The van der Waals surface area contributed by atoms with Crippen LogP contribution in [0, 0.1) is 0 Å². The molecule has 96 valence electrons. The van der Waals surface area contributed by atoms with E-state index in [1.165, 1.54) is 12.3 Å². The van der Waals surface area contributed by atoms with Crippen molar-refractivity contribution >= 4 is 11.8 Å². The molecule has 0 aliphatic heterocycles. The van der Waals surface area contributed by atoms with Gasteiger partial charge in [0.15, 0.2) is 5.78 Å². The van der Waals surface area contributed by atoms with Crippen LogP contribution >= 0.6 is 0 Å². The SMILES string of the molecule is CCOC(=O)C=COCCC(=O)c1ccccc1. The minimum Gasteiger partial charge on any atom is -0.500 e. The molecule has 0 saturated carbocycles. The van der Waals surface area contributed by atoms with Crippen LogP contribution in [0.3, 0.4) is 0 Å². The fraction of sp³-hybridized carbons (Fsp3) is 0.286. The van der Waals surface area contributed by atoms with E-state index in [2.05, 4.69) is 4.74 Å². The quantitative estimate of drug-likeness (QED) is 0.244. The van der Waals surface area contributed by atoms with Crippen LogP contribution in [0.1, 0.15) is 23.7 Å². The molecule has 0 fully saturated rings. The highest BCUT2D eigenvalue weighted by molar-refractivity contribution is 5.96. The van der Waals surface area contributed by atoms with Crippen LogP contribution in [0.5, 0.6) is 0 Å². The van der Waals surface area contributed by atoms with Gasteiger partial charge in [0.2, 0.25) is 0 Å². The van der Waals surface area contributed by atoms with Crippen LogP contribution in [0.2, 0.25) is 0 Å². The van der Waals surface area contributed by atoms with E-state index in [0.717, 1.165) is 0 Å². The summed E-state index contributed by atoms with van der Waals surface area (Å²) in [6.07, 6.45) is 2.71. The van der Waals surface area contributed by atoms with Crippen molar-refractivity contribution < 1.29 is 19.1 Å². The number of benzene rings is 1. The smallest absolute Gasteiger partial charge is 0.333 e. The molecule has 0 aromatic heterocycles. The number of hydrogen-bond donors (Lipinski definition) is 0. The molecule has 0 N–H and O–H groups in total. The Morgan fingerprint density at radius 2 is 1.94 bits per heavy atom. The fourth-order valence-electron chi connectivity index (χ4n) is 1.28. The number of Topliss-reactive ketones (excluding diaryl/α,β-unsaturated/α-hetero) is 1. The third-order valence-corrected chi connectivity index (χ3v) is 2.13. The van der Waals surface area contributed by atoms with Crippen LogP contribution < -0.4 is 0 Å². The van der Waals surface area contributed by atoms with Crippen molar-refractivity contribution in [3.8, 4) is 0 Å². The minimum absolute atomic E-state index is 0.0140. The zero-order valence-electron chi connectivity index (χ0n) is 10.3. The first-order valence-electron chi connectivity index (χ1n) is 5.77. The number of hydrogen-bond acceptors (Lipinski definition) is 4. The lowest BCUT2D eigenvalue weighted by Gasteiger charge is -2.01. The van der Waals surface area contributed by atoms with Gasteiger partial charge in [-0.05, 0) is 6.92 Å². The molecule has 0 amide bonds. The molecule has 1 aromatic carbocycles. The zero-order chi connectivity index (χ0) is 13.2. The molecule has 0 heterocycles. The highest BCUT2D eigenvalue weighted by Gasteiger charge is 2.03. The van der Waals surface area contributed by atoms with Crippen LogP contribution in [-0.4, -0.2) is 25.0 Å². The Labute approximate surface area is 106 Å². The first kappa shape index (κ1) is 14.0. The first-order chi connectivity index (χ1) is 8.74. The largest absolute Gasteiger partial charge is 0.500 e. The molecule has 0 aliphatic rings. The molecular formula is C14H16O4. The molecular weight excluding hydrogens is 232 g/mol. The Bertz CT molecular complexity index is 409. The third-order valence-electron chi connectivity index (χ3n) is 2.13. The van der Waals surface area contributed by atoms with E-state index in [1.807, 2.05) is 18.2 Å². The Morgan fingerprint density at radius 3 is 2.61 bits per heavy atom. The van der Waals surface area contributed by atoms with Crippen molar-refractivity contribution in [2.75, 3.05) is 13.2 Å². The van der Waals surface area contributed by atoms with Gasteiger partial charge in [-0.1, -0.05) is 30.3 Å². The maximum Gasteiger partial charge on any atom is 0.333 e. The van der Waals surface area contributed by atoms with Crippen molar-refractivity contribution in [3.05, 3.63) is 48.2 Å². The van der Waals surface area contributed by atoms with Gasteiger partial charge in [0.25, 0.3) is 0 Å². The number of carbonyl (C=O) groups is 2.